The Hall–Kier alpha value is -1.16. The molecule has 0 bridgehead atoms. The minimum Gasteiger partial charge on any atom is -0.508 e. The van der Waals surface area contributed by atoms with Gasteiger partial charge in [-0.1, -0.05) is 0 Å². The number of phenolic OH excluding ortho intramolecular Hbond substituents is 1. The molecule has 0 saturated carbocycles. The third-order valence-electron chi connectivity index (χ3n) is 2.59. The first-order valence-electron chi connectivity index (χ1n) is 5.64. The fourth-order valence-electron chi connectivity index (χ4n) is 1.47. The van der Waals surface area contributed by atoms with Crippen LogP contribution in [0.4, 0.5) is 0 Å². The summed E-state index contributed by atoms with van der Waals surface area (Å²) < 4.78 is 0. The smallest absolute Gasteiger partial charge is 0.251 e. The van der Waals surface area contributed by atoms with Crippen molar-refractivity contribution in [1.82, 2.24) is 5.32 Å². The molecule has 0 aliphatic carbocycles. The number of aryl methyl sites for hydroxylation is 1. The van der Waals surface area contributed by atoms with Gasteiger partial charge in [-0.05, 0) is 56.0 Å². The molecule has 94 valence electrons. The topological polar surface area (TPSA) is 49.3 Å². The first kappa shape index (κ1) is 13.9. The van der Waals surface area contributed by atoms with E-state index in [1.165, 1.54) is 0 Å². The van der Waals surface area contributed by atoms with Crippen molar-refractivity contribution >= 4 is 17.7 Å². The fraction of sp³-hybridized carbons (Fsp3) is 0.462. The van der Waals surface area contributed by atoms with Crippen molar-refractivity contribution in [3.63, 3.8) is 0 Å². The molecule has 0 fully saturated rings. The van der Waals surface area contributed by atoms with Crippen molar-refractivity contribution in [1.29, 1.82) is 0 Å². The number of hydrogen-bond donors (Lipinski definition) is 2. The van der Waals surface area contributed by atoms with Crippen molar-refractivity contribution in [3.8, 4) is 5.75 Å². The van der Waals surface area contributed by atoms with E-state index in [0.717, 1.165) is 17.7 Å². The maximum atomic E-state index is 11.9. The second kappa shape index (κ2) is 6.55. The van der Waals surface area contributed by atoms with E-state index in [2.05, 4.69) is 11.6 Å². The maximum Gasteiger partial charge on any atom is 0.251 e. The highest BCUT2D eigenvalue weighted by atomic mass is 32.2. The van der Waals surface area contributed by atoms with Crippen molar-refractivity contribution in [2.45, 2.75) is 26.3 Å². The van der Waals surface area contributed by atoms with E-state index in [1.54, 1.807) is 36.9 Å². The van der Waals surface area contributed by atoms with Crippen molar-refractivity contribution in [2.24, 2.45) is 0 Å². The molecule has 1 aromatic rings. The van der Waals surface area contributed by atoms with Gasteiger partial charge in [0.15, 0.2) is 0 Å². The van der Waals surface area contributed by atoms with Gasteiger partial charge < -0.3 is 10.4 Å². The van der Waals surface area contributed by atoms with Crippen LogP contribution in [0.1, 0.15) is 29.3 Å². The zero-order valence-electron chi connectivity index (χ0n) is 10.5. The molecule has 0 aromatic heterocycles. The number of hydrogen-bond acceptors (Lipinski definition) is 3. The molecule has 0 aliphatic heterocycles. The molecule has 0 aliphatic rings. The number of thioether (sulfide) groups is 1. The Bertz CT molecular complexity index is 393. The number of nitrogens with one attached hydrogen (secondary N) is 1. The van der Waals surface area contributed by atoms with Crippen molar-refractivity contribution < 1.29 is 9.90 Å². The second-order valence-corrected chi connectivity index (χ2v) is 5.14. The minimum absolute atomic E-state index is 0.0818. The Balaban J connectivity index is 2.60. The Kier molecular flexibility index (Phi) is 5.35. The number of rotatable bonds is 5. The fourth-order valence-corrected chi connectivity index (χ4v) is 2.06. The Morgan fingerprint density at radius 3 is 2.82 bits per heavy atom. The Morgan fingerprint density at radius 1 is 1.53 bits per heavy atom. The highest BCUT2D eigenvalue weighted by Gasteiger charge is 2.10. The zero-order chi connectivity index (χ0) is 12.8. The van der Waals surface area contributed by atoms with E-state index in [1.807, 2.05) is 6.92 Å². The molecule has 3 nitrogen and oxygen atoms in total. The van der Waals surface area contributed by atoms with E-state index < -0.39 is 0 Å². The van der Waals surface area contributed by atoms with E-state index in [-0.39, 0.29) is 17.7 Å². The summed E-state index contributed by atoms with van der Waals surface area (Å²) in [6.07, 6.45) is 3.02. The number of aromatic hydroxyl groups is 1. The van der Waals surface area contributed by atoms with E-state index in [4.69, 9.17) is 0 Å². The lowest BCUT2D eigenvalue weighted by molar-refractivity contribution is 0.0939. The maximum absolute atomic E-state index is 11.9. The molecule has 17 heavy (non-hydrogen) atoms. The molecule has 1 unspecified atom stereocenters. The van der Waals surface area contributed by atoms with Crippen LogP contribution < -0.4 is 5.32 Å². The molecule has 1 rings (SSSR count). The van der Waals surface area contributed by atoms with Gasteiger partial charge in [0.25, 0.3) is 5.91 Å². The van der Waals surface area contributed by atoms with Crippen LogP contribution in [0.5, 0.6) is 5.75 Å². The van der Waals surface area contributed by atoms with Crippen LogP contribution in [0.2, 0.25) is 0 Å². The average Bonchev–Trinajstić information content (AvgIpc) is 2.30. The Labute approximate surface area is 107 Å². The predicted octanol–water partition coefficient (Wildman–Crippen LogP) is 2.57. The van der Waals surface area contributed by atoms with Crippen LogP contribution >= 0.6 is 11.8 Å². The summed E-state index contributed by atoms with van der Waals surface area (Å²) in [7, 11) is 0. The third-order valence-corrected chi connectivity index (χ3v) is 3.24. The summed E-state index contributed by atoms with van der Waals surface area (Å²) in [6.45, 7) is 3.78. The standard InChI is InChI=1S/C13H19NO2S/c1-9-8-11(4-5-12(9)15)13(16)14-10(2)6-7-17-3/h4-5,8,10,15H,6-7H2,1-3H3,(H,14,16). The number of benzene rings is 1. The molecule has 0 spiro atoms. The first-order chi connectivity index (χ1) is 8.04. The lowest BCUT2D eigenvalue weighted by atomic mass is 10.1. The van der Waals surface area contributed by atoms with Gasteiger partial charge in [-0.3, -0.25) is 4.79 Å². The first-order valence-corrected chi connectivity index (χ1v) is 7.03. The lowest BCUT2D eigenvalue weighted by Gasteiger charge is -2.13. The molecule has 4 heteroatoms. The van der Waals surface area contributed by atoms with Gasteiger partial charge in [0.2, 0.25) is 0 Å². The second-order valence-electron chi connectivity index (χ2n) is 4.16. The SMILES string of the molecule is CSCCC(C)NC(=O)c1ccc(O)c(C)c1. The molecule has 1 atom stereocenters. The van der Waals surface area contributed by atoms with Crippen LogP contribution in [0.25, 0.3) is 0 Å². The summed E-state index contributed by atoms with van der Waals surface area (Å²) >= 11 is 1.77. The third kappa shape index (κ3) is 4.30. The average molecular weight is 253 g/mol. The molecule has 0 heterocycles. The van der Waals surface area contributed by atoms with Crippen LogP contribution in [-0.2, 0) is 0 Å². The summed E-state index contributed by atoms with van der Waals surface area (Å²) in [4.78, 5) is 11.9. The summed E-state index contributed by atoms with van der Waals surface area (Å²) in [5, 5.41) is 12.3. The minimum atomic E-state index is -0.0818. The van der Waals surface area contributed by atoms with Gasteiger partial charge in [0, 0.05) is 11.6 Å². The van der Waals surface area contributed by atoms with Gasteiger partial charge in [-0.15, -0.1) is 0 Å². The highest BCUT2D eigenvalue weighted by molar-refractivity contribution is 7.98. The van der Waals surface area contributed by atoms with Gasteiger partial charge in [0.1, 0.15) is 5.75 Å². The number of carbonyl (C=O) groups excluding carboxylic acids is 1. The van der Waals surface area contributed by atoms with E-state index in [9.17, 15) is 9.90 Å². The number of phenols is 1. The lowest BCUT2D eigenvalue weighted by Crippen LogP contribution is -2.32. The predicted molar refractivity (Wildman–Crippen MR) is 72.8 cm³/mol. The number of amides is 1. The molecule has 0 saturated heterocycles. The van der Waals surface area contributed by atoms with Crippen LogP contribution in [0.15, 0.2) is 18.2 Å². The van der Waals surface area contributed by atoms with E-state index >= 15 is 0 Å². The van der Waals surface area contributed by atoms with Crippen LogP contribution in [0, 0.1) is 6.92 Å². The van der Waals surface area contributed by atoms with Gasteiger partial charge >= 0.3 is 0 Å². The molecule has 1 aromatic carbocycles. The largest absolute Gasteiger partial charge is 0.508 e. The van der Waals surface area contributed by atoms with Crippen molar-refractivity contribution in [2.75, 3.05) is 12.0 Å². The Morgan fingerprint density at radius 2 is 2.24 bits per heavy atom. The summed E-state index contributed by atoms with van der Waals surface area (Å²) in [5.41, 5.74) is 1.31. The zero-order valence-corrected chi connectivity index (χ0v) is 11.3. The van der Waals surface area contributed by atoms with E-state index in [0.29, 0.717) is 5.56 Å². The van der Waals surface area contributed by atoms with Gasteiger partial charge in [-0.25, -0.2) is 0 Å². The summed E-state index contributed by atoms with van der Waals surface area (Å²) in [5.74, 6) is 1.18. The van der Waals surface area contributed by atoms with Crippen molar-refractivity contribution in [3.05, 3.63) is 29.3 Å². The quantitative estimate of drug-likeness (QED) is 0.848. The molecule has 0 radical (unpaired) electrons. The molecular weight excluding hydrogens is 234 g/mol. The van der Waals surface area contributed by atoms with Gasteiger partial charge in [-0.2, -0.15) is 11.8 Å². The van der Waals surface area contributed by atoms with Crippen LogP contribution in [0.3, 0.4) is 0 Å². The number of carbonyl (C=O) groups is 1. The highest BCUT2D eigenvalue weighted by Crippen LogP contribution is 2.17. The summed E-state index contributed by atoms with van der Waals surface area (Å²) in [6, 6.07) is 5.06. The van der Waals surface area contributed by atoms with Gasteiger partial charge in [0.05, 0.1) is 0 Å². The van der Waals surface area contributed by atoms with Crippen LogP contribution in [-0.4, -0.2) is 29.1 Å². The monoisotopic (exact) mass is 253 g/mol. The molecule has 1 amide bonds. The normalized spacial score (nSPS) is 12.2. The molecule has 2 N–H and O–H groups in total. The molecular formula is C13H19NO2S.